The summed E-state index contributed by atoms with van der Waals surface area (Å²) in [7, 11) is 0. The molecule has 0 atom stereocenters. The van der Waals surface area contributed by atoms with Crippen LogP contribution in [0.25, 0.3) is 10.8 Å². The highest BCUT2D eigenvalue weighted by molar-refractivity contribution is 7.99. The van der Waals surface area contributed by atoms with Crippen molar-refractivity contribution in [2.24, 2.45) is 0 Å². The van der Waals surface area contributed by atoms with Gasteiger partial charge in [-0.1, -0.05) is 48.5 Å². The zero-order chi connectivity index (χ0) is 20.6. The molecule has 0 aliphatic carbocycles. The molecule has 0 saturated carbocycles. The Morgan fingerprint density at radius 1 is 0.897 bits per heavy atom. The van der Waals surface area contributed by atoms with E-state index in [4.69, 9.17) is 0 Å². The molecule has 0 spiro atoms. The molecule has 0 aromatic heterocycles. The molecule has 3 aromatic rings. The predicted molar refractivity (Wildman–Crippen MR) is 122 cm³/mol. The first-order chi connectivity index (χ1) is 14.1. The number of benzene rings is 3. The molecule has 4 nitrogen and oxygen atoms in total. The molecule has 0 fully saturated rings. The number of fused-ring (bicyclic) bond motifs is 1. The van der Waals surface area contributed by atoms with Gasteiger partial charge in [0.1, 0.15) is 0 Å². The van der Waals surface area contributed by atoms with Gasteiger partial charge >= 0.3 is 0 Å². The number of rotatable bonds is 8. The van der Waals surface area contributed by atoms with Crippen molar-refractivity contribution in [3.05, 3.63) is 77.9 Å². The second-order valence-corrected chi connectivity index (χ2v) is 7.77. The zero-order valence-corrected chi connectivity index (χ0v) is 17.7. The molecule has 5 heteroatoms. The SMILES string of the molecule is CCN(CC)C(=O)c1cccc(NC(=O)CSCc2ccc3ccccc3c2)c1. The number of amides is 2. The topological polar surface area (TPSA) is 49.4 Å². The number of hydrogen-bond acceptors (Lipinski definition) is 3. The van der Waals surface area contributed by atoms with Crippen molar-refractivity contribution in [3.63, 3.8) is 0 Å². The van der Waals surface area contributed by atoms with Crippen molar-refractivity contribution in [2.45, 2.75) is 19.6 Å². The number of thioether (sulfide) groups is 1. The van der Waals surface area contributed by atoms with Gasteiger partial charge in [0, 0.05) is 30.1 Å². The second kappa shape index (κ2) is 10.1. The minimum atomic E-state index is -0.0665. The van der Waals surface area contributed by atoms with Gasteiger partial charge in [0.15, 0.2) is 0 Å². The van der Waals surface area contributed by atoms with Crippen LogP contribution in [0.3, 0.4) is 0 Å². The van der Waals surface area contributed by atoms with E-state index in [2.05, 4.69) is 35.6 Å². The molecule has 0 bridgehead atoms. The van der Waals surface area contributed by atoms with E-state index in [1.54, 1.807) is 34.9 Å². The third-order valence-corrected chi connectivity index (χ3v) is 5.76. The number of carbonyl (C=O) groups excluding carboxylic acids is 2. The molecule has 0 saturated heterocycles. The number of anilines is 1. The Bertz CT molecular complexity index is 999. The van der Waals surface area contributed by atoms with Gasteiger partial charge in [-0.15, -0.1) is 11.8 Å². The molecule has 150 valence electrons. The highest BCUT2D eigenvalue weighted by Crippen LogP contribution is 2.20. The molecule has 3 rings (SSSR count). The highest BCUT2D eigenvalue weighted by atomic mass is 32.2. The molecule has 3 aromatic carbocycles. The molecule has 1 N–H and O–H groups in total. The van der Waals surface area contributed by atoms with E-state index in [9.17, 15) is 9.59 Å². The lowest BCUT2D eigenvalue weighted by atomic mass is 10.1. The lowest BCUT2D eigenvalue weighted by Gasteiger charge is -2.19. The van der Waals surface area contributed by atoms with E-state index in [1.807, 2.05) is 32.0 Å². The monoisotopic (exact) mass is 406 g/mol. The van der Waals surface area contributed by atoms with E-state index < -0.39 is 0 Å². The number of carbonyl (C=O) groups is 2. The van der Waals surface area contributed by atoms with E-state index in [0.717, 1.165) is 5.75 Å². The average Bonchev–Trinajstić information content (AvgIpc) is 2.74. The number of hydrogen-bond donors (Lipinski definition) is 1. The van der Waals surface area contributed by atoms with Crippen LogP contribution in [-0.4, -0.2) is 35.6 Å². The van der Waals surface area contributed by atoms with Gasteiger partial charge in [-0.2, -0.15) is 0 Å². The molecule has 2 amide bonds. The molecular weight excluding hydrogens is 380 g/mol. The van der Waals surface area contributed by atoms with Crippen LogP contribution < -0.4 is 5.32 Å². The fourth-order valence-corrected chi connectivity index (χ4v) is 3.99. The Morgan fingerprint density at radius 2 is 1.66 bits per heavy atom. The third kappa shape index (κ3) is 5.61. The van der Waals surface area contributed by atoms with Gasteiger partial charge in [-0.25, -0.2) is 0 Å². The first-order valence-electron chi connectivity index (χ1n) is 9.85. The standard InChI is InChI=1S/C24H26N2O2S/c1-3-26(4-2)24(28)21-10-7-11-22(15-21)25-23(27)17-29-16-18-12-13-19-8-5-6-9-20(19)14-18/h5-15H,3-4,16-17H2,1-2H3,(H,25,27). The average molecular weight is 407 g/mol. The van der Waals surface area contributed by atoms with Crippen LogP contribution in [0, 0.1) is 0 Å². The van der Waals surface area contributed by atoms with Gasteiger partial charge in [-0.3, -0.25) is 9.59 Å². The third-order valence-electron chi connectivity index (χ3n) is 4.76. The molecule has 29 heavy (non-hydrogen) atoms. The van der Waals surface area contributed by atoms with Crippen LogP contribution >= 0.6 is 11.8 Å². The van der Waals surface area contributed by atoms with Gasteiger partial charge in [0.25, 0.3) is 5.91 Å². The number of nitrogens with zero attached hydrogens (tertiary/aromatic N) is 1. The first kappa shape index (κ1) is 20.9. The molecule has 0 heterocycles. The van der Waals surface area contributed by atoms with E-state index in [1.165, 1.54) is 16.3 Å². The fraction of sp³-hybridized carbons (Fsp3) is 0.250. The zero-order valence-electron chi connectivity index (χ0n) is 16.9. The quantitative estimate of drug-likeness (QED) is 0.560. The van der Waals surface area contributed by atoms with Crippen molar-refractivity contribution in [1.29, 1.82) is 0 Å². The normalized spacial score (nSPS) is 10.7. The molecule has 0 aliphatic rings. The summed E-state index contributed by atoms with van der Waals surface area (Å²) in [6.07, 6.45) is 0. The smallest absolute Gasteiger partial charge is 0.253 e. The van der Waals surface area contributed by atoms with Crippen LogP contribution in [-0.2, 0) is 10.5 Å². The number of nitrogens with one attached hydrogen (secondary N) is 1. The van der Waals surface area contributed by atoms with Gasteiger partial charge in [0.2, 0.25) is 5.91 Å². The van der Waals surface area contributed by atoms with Gasteiger partial charge in [-0.05, 0) is 48.4 Å². The highest BCUT2D eigenvalue weighted by Gasteiger charge is 2.13. The Hall–Kier alpha value is -2.79. The lowest BCUT2D eigenvalue weighted by molar-refractivity contribution is -0.113. The lowest BCUT2D eigenvalue weighted by Crippen LogP contribution is -2.30. The summed E-state index contributed by atoms with van der Waals surface area (Å²) < 4.78 is 0. The predicted octanol–water partition coefficient (Wildman–Crippen LogP) is 5.19. The summed E-state index contributed by atoms with van der Waals surface area (Å²) in [5, 5.41) is 5.33. The van der Waals surface area contributed by atoms with Crippen molar-refractivity contribution < 1.29 is 9.59 Å². The van der Waals surface area contributed by atoms with E-state index in [0.29, 0.717) is 30.1 Å². The summed E-state index contributed by atoms with van der Waals surface area (Å²) in [6, 6.07) is 21.8. The summed E-state index contributed by atoms with van der Waals surface area (Å²) in [5.41, 5.74) is 2.45. The van der Waals surface area contributed by atoms with Crippen LogP contribution in [0.1, 0.15) is 29.8 Å². The minimum absolute atomic E-state index is 0.0169. The van der Waals surface area contributed by atoms with Crippen molar-refractivity contribution in [1.82, 2.24) is 4.90 Å². The Kier molecular flexibility index (Phi) is 7.30. The maximum Gasteiger partial charge on any atom is 0.253 e. The summed E-state index contributed by atoms with van der Waals surface area (Å²) in [6.45, 7) is 5.24. The van der Waals surface area contributed by atoms with Crippen molar-refractivity contribution in [3.8, 4) is 0 Å². The minimum Gasteiger partial charge on any atom is -0.339 e. The molecule has 0 unspecified atom stereocenters. The van der Waals surface area contributed by atoms with E-state index >= 15 is 0 Å². The first-order valence-corrected chi connectivity index (χ1v) is 11.0. The van der Waals surface area contributed by atoms with Crippen LogP contribution in [0.2, 0.25) is 0 Å². The Morgan fingerprint density at radius 3 is 2.41 bits per heavy atom. The van der Waals surface area contributed by atoms with Crippen LogP contribution in [0.5, 0.6) is 0 Å². The van der Waals surface area contributed by atoms with Gasteiger partial charge in [0.05, 0.1) is 5.75 Å². The molecule has 0 radical (unpaired) electrons. The van der Waals surface area contributed by atoms with Crippen LogP contribution in [0.4, 0.5) is 5.69 Å². The summed E-state index contributed by atoms with van der Waals surface area (Å²) >= 11 is 1.58. The van der Waals surface area contributed by atoms with Gasteiger partial charge < -0.3 is 10.2 Å². The fourth-order valence-electron chi connectivity index (χ4n) is 3.21. The largest absolute Gasteiger partial charge is 0.339 e. The Balaban J connectivity index is 1.54. The molecular formula is C24H26N2O2S. The maximum atomic E-state index is 12.5. The Labute approximate surface area is 176 Å². The second-order valence-electron chi connectivity index (χ2n) is 6.78. The van der Waals surface area contributed by atoms with Crippen molar-refractivity contribution in [2.75, 3.05) is 24.2 Å². The van der Waals surface area contributed by atoms with Crippen LogP contribution in [0.15, 0.2) is 66.7 Å². The summed E-state index contributed by atoms with van der Waals surface area (Å²) in [5.74, 6) is 1.06. The summed E-state index contributed by atoms with van der Waals surface area (Å²) in [4.78, 5) is 26.6. The molecule has 0 aliphatic heterocycles. The maximum absolute atomic E-state index is 12.5. The van der Waals surface area contributed by atoms with Crippen molar-refractivity contribution >= 4 is 40.0 Å². The van der Waals surface area contributed by atoms with E-state index in [-0.39, 0.29) is 11.8 Å².